The SMILES string of the molecule is CCCCCCCCCCCCCCCCOc1ccc(N=Nc2ccc(-c3ccc(OCCCC)cc3)c(C)c2)cc1C(C)C. The Morgan fingerprint density at radius 2 is 1.07 bits per heavy atom. The maximum absolute atomic E-state index is 6.25. The lowest BCUT2D eigenvalue weighted by atomic mass is 10.00. The molecular weight excluding hydrogens is 564 g/mol. The van der Waals surface area contributed by atoms with E-state index in [9.17, 15) is 0 Å². The van der Waals surface area contributed by atoms with Crippen LogP contribution in [-0.2, 0) is 0 Å². The molecule has 0 atom stereocenters. The van der Waals surface area contributed by atoms with Gasteiger partial charge in [-0.05, 0) is 90.4 Å². The van der Waals surface area contributed by atoms with Crippen LogP contribution in [0.25, 0.3) is 11.1 Å². The van der Waals surface area contributed by atoms with Crippen LogP contribution in [0, 0.1) is 6.92 Å². The lowest BCUT2D eigenvalue weighted by Crippen LogP contribution is -2.01. The van der Waals surface area contributed by atoms with Crippen molar-refractivity contribution in [1.82, 2.24) is 0 Å². The monoisotopic (exact) mass is 626 g/mol. The Morgan fingerprint density at radius 3 is 1.63 bits per heavy atom. The van der Waals surface area contributed by atoms with Crippen molar-refractivity contribution in [2.24, 2.45) is 10.2 Å². The van der Waals surface area contributed by atoms with Crippen molar-refractivity contribution < 1.29 is 9.47 Å². The first-order valence-electron chi connectivity index (χ1n) is 18.5. The molecule has 0 aliphatic heterocycles. The summed E-state index contributed by atoms with van der Waals surface area (Å²) in [5.74, 6) is 2.25. The second kappa shape index (κ2) is 22.4. The number of hydrogen-bond donors (Lipinski definition) is 0. The van der Waals surface area contributed by atoms with Crippen molar-refractivity contribution >= 4 is 11.4 Å². The molecule has 0 N–H and O–H groups in total. The molecule has 46 heavy (non-hydrogen) atoms. The number of benzene rings is 3. The third-order valence-electron chi connectivity index (χ3n) is 8.79. The van der Waals surface area contributed by atoms with E-state index >= 15 is 0 Å². The fraction of sp³-hybridized carbons (Fsp3) is 0.571. The first-order valence-corrected chi connectivity index (χ1v) is 18.5. The Kier molecular flexibility index (Phi) is 18.2. The minimum absolute atomic E-state index is 0.353. The van der Waals surface area contributed by atoms with Gasteiger partial charge in [-0.15, -0.1) is 0 Å². The second-order valence-corrected chi connectivity index (χ2v) is 13.2. The molecule has 0 unspecified atom stereocenters. The first kappa shape index (κ1) is 37.3. The van der Waals surface area contributed by atoms with Gasteiger partial charge in [0.05, 0.1) is 24.6 Å². The van der Waals surface area contributed by atoms with E-state index in [0.29, 0.717) is 5.92 Å². The fourth-order valence-electron chi connectivity index (χ4n) is 5.87. The Morgan fingerprint density at radius 1 is 0.543 bits per heavy atom. The molecule has 4 heteroatoms. The van der Waals surface area contributed by atoms with Gasteiger partial charge < -0.3 is 9.47 Å². The molecule has 0 amide bonds. The Bertz CT molecular complexity index is 1270. The number of unbranched alkanes of at least 4 members (excludes halogenated alkanes) is 14. The molecule has 3 aromatic rings. The fourth-order valence-corrected chi connectivity index (χ4v) is 5.87. The van der Waals surface area contributed by atoms with E-state index in [1.165, 1.54) is 106 Å². The molecule has 0 fully saturated rings. The third-order valence-corrected chi connectivity index (χ3v) is 8.79. The summed E-state index contributed by atoms with van der Waals surface area (Å²) in [5.41, 5.74) is 6.44. The van der Waals surface area contributed by atoms with Crippen molar-refractivity contribution in [2.75, 3.05) is 13.2 Å². The topological polar surface area (TPSA) is 43.2 Å². The minimum Gasteiger partial charge on any atom is -0.494 e. The maximum atomic E-state index is 6.25. The molecular formula is C42H62N2O2. The predicted octanol–water partition coefficient (Wildman–Crippen LogP) is 14.2. The average Bonchev–Trinajstić information content (AvgIpc) is 3.06. The second-order valence-electron chi connectivity index (χ2n) is 13.2. The number of rotatable bonds is 24. The average molecular weight is 627 g/mol. The summed E-state index contributed by atoms with van der Waals surface area (Å²) < 4.78 is 12.1. The van der Waals surface area contributed by atoms with Crippen molar-refractivity contribution in [1.29, 1.82) is 0 Å². The highest BCUT2D eigenvalue weighted by Gasteiger charge is 2.10. The molecule has 0 aliphatic carbocycles. The molecule has 0 spiro atoms. The van der Waals surface area contributed by atoms with Gasteiger partial charge in [-0.2, -0.15) is 10.2 Å². The van der Waals surface area contributed by atoms with Gasteiger partial charge in [0.25, 0.3) is 0 Å². The van der Waals surface area contributed by atoms with Gasteiger partial charge in [0.2, 0.25) is 0 Å². The highest BCUT2D eigenvalue weighted by atomic mass is 16.5. The molecule has 0 saturated carbocycles. The lowest BCUT2D eigenvalue weighted by Gasteiger charge is -2.14. The summed E-state index contributed by atoms with van der Waals surface area (Å²) in [5, 5.41) is 9.15. The maximum Gasteiger partial charge on any atom is 0.122 e. The van der Waals surface area contributed by atoms with E-state index in [-0.39, 0.29) is 0 Å². The first-order chi connectivity index (χ1) is 22.5. The highest BCUT2D eigenvalue weighted by Crippen LogP contribution is 2.33. The van der Waals surface area contributed by atoms with Crippen LogP contribution in [0.5, 0.6) is 11.5 Å². The van der Waals surface area contributed by atoms with Crippen molar-refractivity contribution in [3.63, 3.8) is 0 Å². The van der Waals surface area contributed by atoms with Crippen LogP contribution in [0.3, 0.4) is 0 Å². The third kappa shape index (κ3) is 14.1. The molecule has 3 aromatic carbocycles. The highest BCUT2D eigenvalue weighted by molar-refractivity contribution is 5.70. The molecule has 0 aromatic heterocycles. The van der Waals surface area contributed by atoms with Gasteiger partial charge in [0.15, 0.2) is 0 Å². The minimum atomic E-state index is 0.353. The van der Waals surface area contributed by atoms with E-state index in [0.717, 1.165) is 55.4 Å². The Balaban J connectivity index is 1.39. The summed E-state index contributed by atoms with van der Waals surface area (Å²) in [6.45, 7) is 12.6. The van der Waals surface area contributed by atoms with Gasteiger partial charge in [-0.25, -0.2) is 0 Å². The van der Waals surface area contributed by atoms with E-state index < -0.39 is 0 Å². The van der Waals surface area contributed by atoms with Crippen LogP contribution in [0.2, 0.25) is 0 Å². The van der Waals surface area contributed by atoms with E-state index in [2.05, 4.69) is 93.4 Å². The lowest BCUT2D eigenvalue weighted by molar-refractivity contribution is 0.300. The van der Waals surface area contributed by atoms with Crippen LogP contribution in [0.4, 0.5) is 11.4 Å². The van der Waals surface area contributed by atoms with Crippen molar-refractivity contribution in [2.45, 2.75) is 143 Å². The zero-order chi connectivity index (χ0) is 32.8. The number of aryl methyl sites for hydroxylation is 1. The largest absolute Gasteiger partial charge is 0.494 e. The number of azo groups is 1. The van der Waals surface area contributed by atoms with E-state index in [1.807, 2.05) is 12.1 Å². The van der Waals surface area contributed by atoms with Gasteiger partial charge in [-0.1, -0.05) is 136 Å². The number of ether oxygens (including phenoxy) is 2. The smallest absolute Gasteiger partial charge is 0.122 e. The Hall–Kier alpha value is -3.14. The molecule has 0 heterocycles. The van der Waals surface area contributed by atoms with Gasteiger partial charge in [0, 0.05) is 0 Å². The van der Waals surface area contributed by atoms with Crippen molar-refractivity contribution in [3.8, 4) is 22.6 Å². The summed E-state index contributed by atoms with van der Waals surface area (Å²) in [4.78, 5) is 0. The summed E-state index contributed by atoms with van der Waals surface area (Å²) in [6, 6.07) is 20.8. The van der Waals surface area contributed by atoms with Crippen LogP contribution >= 0.6 is 0 Å². The standard InChI is InChI=1S/C42H62N2O2/c1-6-8-10-11-12-13-14-15-16-17-18-19-20-21-31-46-42-29-25-38(33-41(42)34(3)4)44-43-37-24-28-40(35(5)32-37)36-22-26-39(27-23-36)45-30-9-7-2/h22-29,32-34H,6-21,30-31H2,1-5H3. The summed E-state index contributed by atoms with van der Waals surface area (Å²) in [7, 11) is 0. The molecule has 252 valence electrons. The molecule has 4 nitrogen and oxygen atoms in total. The summed E-state index contributed by atoms with van der Waals surface area (Å²) in [6.07, 6.45) is 21.4. The molecule has 0 bridgehead atoms. The molecule has 0 aliphatic rings. The van der Waals surface area contributed by atoms with Gasteiger partial charge in [0.1, 0.15) is 11.5 Å². The van der Waals surface area contributed by atoms with Crippen LogP contribution < -0.4 is 9.47 Å². The van der Waals surface area contributed by atoms with E-state index in [1.54, 1.807) is 0 Å². The number of nitrogens with zero attached hydrogens (tertiary/aromatic N) is 2. The predicted molar refractivity (Wildman–Crippen MR) is 198 cm³/mol. The quantitative estimate of drug-likeness (QED) is 0.0733. The number of hydrogen-bond acceptors (Lipinski definition) is 4. The van der Waals surface area contributed by atoms with Crippen LogP contribution in [-0.4, -0.2) is 13.2 Å². The zero-order valence-electron chi connectivity index (χ0n) is 29.8. The summed E-state index contributed by atoms with van der Waals surface area (Å²) >= 11 is 0. The van der Waals surface area contributed by atoms with Crippen molar-refractivity contribution in [3.05, 3.63) is 71.8 Å². The Labute approximate surface area is 281 Å². The normalized spacial score (nSPS) is 11.5. The zero-order valence-corrected chi connectivity index (χ0v) is 29.8. The van der Waals surface area contributed by atoms with Crippen LogP contribution in [0.15, 0.2) is 70.9 Å². The molecule has 0 radical (unpaired) electrons. The van der Waals surface area contributed by atoms with Gasteiger partial charge in [-0.3, -0.25) is 0 Å². The molecule has 0 saturated heterocycles. The molecule has 3 rings (SSSR count). The van der Waals surface area contributed by atoms with Crippen LogP contribution in [0.1, 0.15) is 147 Å². The van der Waals surface area contributed by atoms with E-state index in [4.69, 9.17) is 9.47 Å². The van der Waals surface area contributed by atoms with Gasteiger partial charge >= 0.3 is 0 Å².